The Bertz CT molecular complexity index is 1190. The summed E-state index contributed by atoms with van der Waals surface area (Å²) in [6.45, 7) is 5.74. The normalized spacial score (nSPS) is 14.7. The summed E-state index contributed by atoms with van der Waals surface area (Å²) in [6, 6.07) is 14.8. The van der Waals surface area contributed by atoms with E-state index in [2.05, 4.69) is 12.1 Å². The number of benzene rings is 3. The summed E-state index contributed by atoms with van der Waals surface area (Å²) in [6.07, 6.45) is 1.72. The summed E-state index contributed by atoms with van der Waals surface area (Å²) in [5, 5.41) is 21.9. The second kappa shape index (κ2) is 10.5. The zero-order valence-electron chi connectivity index (χ0n) is 19.3. The molecular formula is C27H28ClNO5. The molecule has 2 N–H and O–H groups in total. The van der Waals surface area contributed by atoms with Crippen LogP contribution >= 0.6 is 11.6 Å². The Morgan fingerprint density at radius 3 is 2.41 bits per heavy atom. The van der Waals surface area contributed by atoms with Gasteiger partial charge in [-0.25, -0.2) is 0 Å². The molecule has 178 valence electrons. The summed E-state index contributed by atoms with van der Waals surface area (Å²) in [5.74, 6) is 0.941. The third-order valence-electron chi connectivity index (χ3n) is 6.26. The number of aldehydes is 1. The lowest BCUT2D eigenvalue weighted by atomic mass is 9.93. The number of piperidine rings is 1. The SMILES string of the molecule is Cc1c(COc2cc(O)c(C=O)cc2Cl)cccc1-c1cccc(ON2CCC(O)CC2)c1C. The van der Waals surface area contributed by atoms with Gasteiger partial charge in [-0.1, -0.05) is 41.9 Å². The topological polar surface area (TPSA) is 79.2 Å². The van der Waals surface area contributed by atoms with E-state index >= 15 is 0 Å². The van der Waals surface area contributed by atoms with Crippen LogP contribution in [-0.4, -0.2) is 40.8 Å². The van der Waals surface area contributed by atoms with Crippen molar-refractivity contribution in [2.75, 3.05) is 13.1 Å². The van der Waals surface area contributed by atoms with Crippen molar-refractivity contribution in [2.24, 2.45) is 0 Å². The fourth-order valence-electron chi connectivity index (χ4n) is 4.13. The molecule has 0 spiro atoms. The molecule has 0 aliphatic carbocycles. The summed E-state index contributed by atoms with van der Waals surface area (Å²) < 4.78 is 5.88. The summed E-state index contributed by atoms with van der Waals surface area (Å²) >= 11 is 6.21. The largest absolute Gasteiger partial charge is 0.507 e. The van der Waals surface area contributed by atoms with E-state index in [9.17, 15) is 15.0 Å². The van der Waals surface area contributed by atoms with Gasteiger partial charge < -0.3 is 19.8 Å². The molecule has 3 aromatic carbocycles. The lowest BCUT2D eigenvalue weighted by Gasteiger charge is -2.29. The molecule has 0 saturated carbocycles. The number of phenols is 1. The standard InChI is InChI=1S/C27H28ClNO5/c1-17-19(16-33-27-14-25(32)20(15-30)13-24(27)28)5-3-6-22(17)23-7-4-8-26(18(23)2)34-29-11-9-21(31)10-12-29/h3-8,13-15,21,31-32H,9-12,16H2,1-2H3. The molecule has 34 heavy (non-hydrogen) atoms. The first-order valence-electron chi connectivity index (χ1n) is 11.3. The van der Waals surface area contributed by atoms with Crippen LogP contribution in [0, 0.1) is 13.8 Å². The van der Waals surface area contributed by atoms with Gasteiger partial charge in [0.1, 0.15) is 18.1 Å². The minimum absolute atomic E-state index is 0.119. The molecule has 1 saturated heterocycles. The average molecular weight is 482 g/mol. The number of carbonyl (C=O) groups is 1. The van der Waals surface area contributed by atoms with Crippen LogP contribution in [0.2, 0.25) is 5.02 Å². The van der Waals surface area contributed by atoms with E-state index < -0.39 is 0 Å². The summed E-state index contributed by atoms with van der Waals surface area (Å²) in [7, 11) is 0. The third kappa shape index (κ3) is 5.20. The fourth-order valence-corrected chi connectivity index (χ4v) is 4.35. The number of halogens is 1. The Hall–Kier alpha value is -3.06. The predicted molar refractivity (Wildman–Crippen MR) is 132 cm³/mol. The number of hydrogen-bond acceptors (Lipinski definition) is 6. The molecule has 1 aliphatic heterocycles. The molecule has 0 aromatic heterocycles. The van der Waals surface area contributed by atoms with Crippen LogP contribution in [-0.2, 0) is 6.61 Å². The minimum atomic E-state index is -0.248. The van der Waals surface area contributed by atoms with Gasteiger partial charge in [0.2, 0.25) is 0 Å². The number of aliphatic hydroxyl groups is 1. The number of hydrogen-bond donors (Lipinski definition) is 2. The van der Waals surface area contributed by atoms with Crippen LogP contribution < -0.4 is 9.57 Å². The lowest BCUT2D eigenvalue weighted by Crippen LogP contribution is -2.38. The van der Waals surface area contributed by atoms with E-state index in [0.29, 0.717) is 38.0 Å². The first-order chi connectivity index (χ1) is 16.4. The molecular weight excluding hydrogens is 454 g/mol. The summed E-state index contributed by atoms with van der Waals surface area (Å²) in [4.78, 5) is 17.1. The molecule has 3 aromatic rings. The van der Waals surface area contributed by atoms with Gasteiger partial charge >= 0.3 is 0 Å². The van der Waals surface area contributed by atoms with Gasteiger partial charge in [0.15, 0.2) is 12.0 Å². The Labute approximate surface area is 204 Å². The van der Waals surface area contributed by atoms with Gasteiger partial charge in [0.05, 0.1) is 16.7 Å². The van der Waals surface area contributed by atoms with Gasteiger partial charge in [-0.15, -0.1) is 5.06 Å². The van der Waals surface area contributed by atoms with E-state index in [-0.39, 0.29) is 29.0 Å². The molecule has 0 bridgehead atoms. The first-order valence-corrected chi connectivity index (χ1v) is 11.6. The molecule has 0 radical (unpaired) electrons. The number of ether oxygens (including phenoxy) is 1. The van der Waals surface area contributed by atoms with Crippen molar-refractivity contribution in [3.05, 3.63) is 75.8 Å². The van der Waals surface area contributed by atoms with Gasteiger partial charge in [0, 0.05) is 24.7 Å². The third-order valence-corrected chi connectivity index (χ3v) is 6.56. The van der Waals surface area contributed by atoms with Crippen LogP contribution in [0.5, 0.6) is 17.2 Å². The van der Waals surface area contributed by atoms with Gasteiger partial charge in [-0.05, 0) is 61.1 Å². The van der Waals surface area contributed by atoms with Crippen molar-refractivity contribution in [2.45, 2.75) is 39.4 Å². The zero-order valence-corrected chi connectivity index (χ0v) is 20.0. The number of nitrogens with zero attached hydrogens (tertiary/aromatic N) is 1. The van der Waals surface area contributed by atoms with Crippen molar-refractivity contribution in [1.82, 2.24) is 5.06 Å². The number of hydroxylamine groups is 2. The van der Waals surface area contributed by atoms with Crippen LogP contribution in [0.3, 0.4) is 0 Å². The molecule has 6 nitrogen and oxygen atoms in total. The molecule has 4 rings (SSSR count). The van der Waals surface area contributed by atoms with Crippen LogP contribution in [0.15, 0.2) is 48.5 Å². The quantitative estimate of drug-likeness (QED) is 0.435. The smallest absolute Gasteiger partial charge is 0.153 e. The molecule has 1 aliphatic rings. The maximum absolute atomic E-state index is 11.0. The number of aromatic hydroxyl groups is 1. The zero-order chi connectivity index (χ0) is 24.2. The second-order valence-corrected chi connectivity index (χ2v) is 8.93. The Morgan fingerprint density at radius 1 is 1.03 bits per heavy atom. The van der Waals surface area contributed by atoms with Crippen LogP contribution in [0.1, 0.15) is 39.9 Å². The highest BCUT2D eigenvalue weighted by Crippen LogP contribution is 2.35. The summed E-state index contributed by atoms with van der Waals surface area (Å²) in [5.41, 5.74) is 5.33. The maximum atomic E-state index is 11.0. The van der Waals surface area contributed by atoms with E-state index in [1.165, 1.54) is 12.1 Å². The Kier molecular flexibility index (Phi) is 7.41. The Morgan fingerprint density at radius 2 is 1.71 bits per heavy atom. The first kappa shape index (κ1) is 24.1. The molecule has 0 atom stereocenters. The van der Waals surface area contributed by atoms with Crippen molar-refractivity contribution < 1.29 is 24.6 Å². The van der Waals surface area contributed by atoms with Gasteiger partial charge in [-0.2, -0.15) is 0 Å². The number of phenolic OH excluding ortho intramolecular Hbond substituents is 1. The molecule has 1 heterocycles. The predicted octanol–water partition coefficient (Wildman–Crippen LogP) is 5.47. The molecule has 0 unspecified atom stereocenters. The minimum Gasteiger partial charge on any atom is -0.507 e. The number of aliphatic hydroxyl groups excluding tert-OH is 1. The molecule has 7 heteroatoms. The highest BCUT2D eigenvalue weighted by Gasteiger charge is 2.20. The lowest BCUT2D eigenvalue weighted by molar-refractivity contribution is -0.0942. The van der Waals surface area contributed by atoms with E-state index in [4.69, 9.17) is 21.2 Å². The van der Waals surface area contributed by atoms with Crippen molar-refractivity contribution >= 4 is 17.9 Å². The van der Waals surface area contributed by atoms with Crippen molar-refractivity contribution in [3.63, 3.8) is 0 Å². The number of carbonyl (C=O) groups excluding carboxylic acids is 1. The molecule has 1 fully saturated rings. The average Bonchev–Trinajstić information content (AvgIpc) is 2.83. The highest BCUT2D eigenvalue weighted by molar-refractivity contribution is 6.32. The van der Waals surface area contributed by atoms with Crippen LogP contribution in [0.25, 0.3) is 11.1 Å². The van der Waals surface area contributed by atoms with Crippen LogP contribution in [0.4, 0.5) is 0 Å². The fraction of sp³-hybridized carbons (Fsp3) is 0.296. The van der Waals surface area contributed by atoms with Gasteiger partial charge in [0.25, 0.3) is 0 Å². The van der Waals surface area contributed by atoms with Crippen molar-refractivity contribution in [1.29, 1.82) is 0 Å². The van der Waals surface area contributed by atoms with E-state index in [0.717, 1.165) is 33.6 Å². The monoisotopic (exact) mass is 481 g/mol. The second-order valence-electron chi connectivity index (χ2n) is 8.52. The highest BCUT2D eigenvalue weighted by atomic mass is 35.5. The van der Waals surface area contributed by atoms with Gasteiger partial charge in [-0.3, -0.25) is 4.79 Å². The Balaban J connectivity index is 1.55. The van der Waals surface area contributed by atoms with Crippen molar-refractivity contribution in [3.8, 4) is 28.4 Å². The number of rotatable bonds is 7. The van der Waals surface area contributed by atoms with E-state index in [1.54, 1.807) is 0 Å². The maximum Gasteiger partial charge on any atom is 0.153 e. The molecule has 0 amide bonds. The van der Waals surface area contributed by atoms with E-state index in [1.807, 2.05) is 43.2 Å².